The summed E-state index contributed by atoms with van der Waals surface area (Å²) in [6.45, 7) is 1.00. The van der Waals surface area contributed by atoms with Crippen LogP contribution in [0.4, 0.5) is 24.7 Å². The van der Waals surface area contributed by atoms with Crippen LogP contribution in [0.1, 0.15) is 12.5 Å². The van der Waals surface area contributed by atoms with Crippen LogP contribution in [0, 0.1) is 10.1 Å². The molecule has 0 aliphatic carbocycles. The Kier molecular flexibility index (Phi) is 3.30. The number of carbonyl (C=O) groups is 1. The summed E-state index contributed by atoms with van der Waals surface area (Å²) in [6, 6.07) is 0.318. The van der Waals surface area contributed by atoms with E-state index in [1.807, 2.05) is 5.32 Å². The summed E-state index contributed by atoms with van der Waals surface area (Å²) in [7, 11) is 0. The van der Waals surface area contributed by atoms with E-state index in [1.165, 1.54) is 0 Å². The molecule has 0 unspecified atom stereocenters. The van der Waals surface area contributed by atoms with E-state index in [2.05, 4.69) is 4.98 Å². The van der Waals surface area contributed by atoms with Crippen molar-refractivity contribution in [3.05, 3.63) is 27.9 Å². The minimum absolute atomic E-state index is 0.318. The zero-order valence-corrected chi connectivity index (χ0v) is 8.41. The smallest absolute Gasteiger partial charge is 0.310 e. The number of carbonyl (C=O) groups excluding carboxylic acids is 1. The molecular weight excluding hydrogens is 243 g/mol. The van der Waals surface area contributed by atoms with Crippen LogP contribution in [0.5, 0.6) is 0 Å². The van der Waals surface area contributed by atoms with E-state index in [0.717, 1.165) is 6.92 Å². The van der Waals surface area contributed by atoms with Gasteiger partial charge in [-0.1, -0.05) is 0 Å². The molecule has 0 saturated carbocycles. The lowest BCUT2D eigenvalue weighted by Crippen LogP contribution is -2.15. The van der Waals surface area contributed by atoms with Gasteiger partial charge in [-0.3, -0.25) is 14.9 Å². The Morgan fingerprint density at radius 1 is 1.53 bits per heavy atom. The Bertz CT molecular complexity index is 473. The average Bonchev–Trinajstić information content (AvgIpc) is 2.15. The number of hydrogen-bond donors (Lipinski definition) is 1. The second-order valence-electron chi connectivity index (χ2n) is 3.03. The van der Waals surface area contributed by atoms with Gasteiger partial charge in [0.15, 0.2) is 0 Å². The van der Waals surface area contributed by atoms with E-state index >= 15 is 0 Å². The molecule has 1 aromatic rings. The van der Waals surface area contributed by atoms with E-state index in [1.54, 1.807) is 0 Å². The van der Waals surface area contributed by atoms with Gasteiger partial charge in [-0.2, -0.15) is 13.2 Å². The molecule has 17 heavy (non-hydrogen) atoms. The quantitative estimate of drug-likeness (QED) is 0.641. The Labute approximate surface area is 92.6 Å². The van der Waals surface area contributed by atoms with E-state index in [-0.39, 0.29) is 0 Å². The Morgan fingerprint density at radius 2 is 2.12 bits per heavy atom. The monoisotopic (exact) mass is 249 g/mol. The van der Waals surface area contributed by atoms with Crippen LogP contribution in [0.2, 0.25) is 0 Å². The molecule has 0 spiro atoms. The molecule has 0 aliphatic rings. The number of nitro groups is 1. The second-order valence-corrected chi connectivity index (χ2v) is 3.03. The largest absolute Gasteiger partial charge is 0.420 e. The number of nitrogens with one attached hydrogen (secondary N) is 1. The first kappa shape index (κ1) is 12.9. The van der Waals surface area contributed by atoms with Crippen LogP contribution in [0.25, 0.3) is 0 Å². The van der Waals surface area contributed by atoms with Crippen LogP contribution >= 0.6 is 0 Å². The summed E-state index contributed by atoms with van der Waals surface area (Å²) in [5.41, 5.74) is -2.16. The van der Waals surface area contributed by atoms with Crippen molar-refractivity contribution >= 4 is 17.4 Å². The standard InChI is InChI=1S/C8H6F3N3O3/c1-4(15)13-7-6(8(9,10)11)2-5(3-12-7)14(16)17/h2-3H,1H3,(H,12,13,15). The fraction of sp³-hybridized carbons (Fsp3) is 0.250. The first-order valence-corrected chi connectivity index (χ1v) is 4.21. The van der Waals surface area contributed by atoms with Crippen LogP contribution in [-0.2, 0) is 11.0 Å². The molecule has 6 nitrogen and oxygen atoms in total. The van der Waals surface area contributed by atoms with Crippen molar-refractivity contribution in [3.8, 4) is 0 Å². The molecule has 1 N–H and O–H groups in total. The van der Waals surface area contributed by atoms with Crippen LogP contribution in [0.3, 0.4) is 0 Å². The second kappa shape index (κ2) is 4.36. The Hall–Kier alpha value is -2.19. The summed E-state index contributed by atoms with van der Waals surface area (Å²) < 4.78 is 37.6. The van der Waals surface area contributed by atoms with Gasteiger partial charge in [0.1, 0.15) is 17.6 Å². The molecule has 1 rings (SSSR count). The van der Waals surface area contributed by atoms with Gasteiger partial charge in [0, 0.05) is 13.0 Å². The molecule has 9 heteroatoms. The molecule has 0 atom stereocenters. The normalized spacial score (nSPS) is 11.1. The number of hydrogen-bond acceptors (Lipinski definition) is 4. The summed E-state index contributed by atoms with van der Waals surface area (Å²) >= 11 is 0. The molecule has 92 valence electrons. The molecule has 1 aromatic heterocycles. The highest BCUT2D eigenvalue weighted by Crippen LogP contribution is 2.35. The maximum absolute atomic E-state index is 12.5. The minimum atomic E-state index is -4.84. The van der Waals surface area contributed by atoms with Crippen molar-refractivity contribution in [2.24, 2.45) is 0 Å². The van der Waals surface area contributed by atoms with Crippen LogP contribution in [0.15, 0.2) is 12.3 Å². The van der Waals surface area contributed by atoms with Crippen LogP contribution < -0.4 is 5.32 Å². The van der Waals surface area contributed by atoms with Gasteiger partial charge >= 0.3 is 6.18 Å². The Morgan fingerprint density at radius 3 is 2.53 bits per heavy atom. The molecule has 0 saturated heterocycles. The number of nitrogens with zero attached hydrogens (tertiary/aromatic N) is 2. The number of anilines is 1. The van der Waals surface area contributed by atoms with Crippen molar-refractivity contribution in [2.45, 2.75) is 13.1 Å². The predicted octanol–water partition coefficient (Wildman–Crippen LogP) is 1.97. The molecule has 1 amide bonds. The van der Waals surface area contributed by atoms with E-state index < -0.39 is 34.1 Å². The fourth-order valence-electron chi connectivity index (χ4n) is 1.04. The summed E-state index contributed by atoms with van der Waals surface area (Å²) in [4.78, 5) is 23.2. The average molecular weight is 249 g/mol. The maximum atomic E-state index is 12.5. The molecule has 0 aromatic carbocycles. The molecule has 1 heterocycles. The highest BCUT2D eigenvalue weighted by molar-refractivity contribution is 5.88. The van der Waals surface area contributed by atoms with Gasteiger partial charge in [0.2, 0.25) is 5.91 Å². The number of aromatic nitrogens is 1. The van der Waals surface area contributed by atoms with Crippen LogP contribution in [-0.4, -0.2) is 15.8 Å². The van der Waals surface area contributed by atoms with Gasteiger partial charge in [-0.05, 0) is 0 Å². The topological polar surface area (TPSA) is 85.1 Å². The SMILES string of the molecule is CC(=O)Nc1ncc([N+](=O)[O-])cc1C(F)(F)F. The summed E-state index contributed by atoms with van der Waals surface area (Å²) in [6.07, 6.45) is -4.20. The molecule has 0 radical (unpaired) electrons. The molecule has 0 bridgehead atoms. The number of alkyl halides is 3. The highest BCUT2D eigenvalue weighted by atomic mass is 19.4. The minimum Gasteiger partial charge on any atom is -0.310 e. The number of pyridine rings is 1. The lowest BCUT2D eigenvalue weighted by Gasteiger charge is -2.11. The molecule has 0 fully saturated rings. The van der Waals surface area contributed by atoms with Crippen molar-refractivity contribution in [2.75, 3.05) is 5.32 Å². The zero-order chi connectivity index (χ0) is 13.2. The molecule has 0 aliphatic heterocycles. The van der Waals surface area contributed by atoms with Crippen molar-refractivity contribution in [1.29, 1.82) is 0 Å². The highest BCUT2D eigenvalue weighted by Gasteiger charge is 2.36. The van der Waals surface area contributed by atoms with Gasteiger partial charge in [0.25, 0.3) is 5.69 Å². The van der Waals surface area contributed by atoms with Crippen molar-refractivity contribution in [3.63, 3.8) is 0 Å². The van der Waals surface area contributed by atoms with Gasteiger partial charge < -0.3 is 5.32 Å². The van der Waals surface area contributed by atoms with Crippen molar-refractivity contribution < 1.29 is 22.9 Å². The zero-order valence-electron chi connectivity index (χ0n) is 8.41. The first-order chi connectivity index (χ1) is 7.71. The number of amides is 1. The third-order valence-electron chi connectivity index (χ3n) is 1.68. The third kappa shape index (κ3) is 3.13. The Balaban J connectivity index is 3.31. The van der Waals surface area contributed by atoms with Crippen molar-refractivity contribution in [1.82, 2.24) is 4.98 Å². The third-order valence-corrected chi connectivity index (χ3v) is 1.68. The number of halogens is 3. The summed E-state index contributed by atoms with van der Waals surface area (Å²) in [5.74, 6) is -1.51. The lowest BCUT2D eigenvalue weighted by molar-refractivity contribution is -0.385. The fourth-order valence-corrected chi connectivity index (χ4v) is 1.04. The maximum Gasteiger partial charge on any atom is 0.420 e. The van der Waals surface area contributed by atoms with Gasteiger partial charge in [0.05, 0.1) is 4.92 Å². The first-order valence-electron chi connectivity index (χ1n) is 4.21. The molecular formula is C8H6F3N3O3. The van der Waals surface area contributed by atoms with E-state index in [9.17, 15) is 28.1 Å². The van der Waals surface area contributed by atoms with Gasteiger partial charge in [-0.25, -0.2) is 4.98 Å². The lowest BCUT2D eigenvalue weighted by atomic mass is 10.2. The summed E-state index contributed by atoms with van der Waals surface area (Å²) in [5, 5.41) is 12.2. The number of rotatable bonds is 2. The predicted molar refractivity (Wildman–Crippen MR) is 50.2 cm³/mol. The van der Waals surface area contributed by atoms with Gasteiger partial charge in [-0.15, -0.1) is 0 Å². The van der Waals surface area contributed by atoms with E-state index in [0.29, 0.717) is 12.3 Å². The van der Waals surface area contributed by atoms with E-state index in [4.69, 9.17) is 0 Å².